The van der Waals surface area contributed by atoms with Gasteiger partial charge in [0.2, 0.25) is 0 Å². The molecule has 30 heavy (non-hydrogen) atoms. The number of hydrogen-bond donors (Lipinski definition) is 0. The monoisotopic (exact) mass is 401 g/mol. The zero-order chi connectivity index (χ0) is 20.9. The van der Waals surface area contributed by atoms with Crippen molar-refractivity contribution in [1.29, 1.82) is 5.26 Å². The molecule has 156 valence electrons. The number of benzene rings is 2. The molecule has 2 aliphatic carbocycles. The van der Waals surface area contributed by atoms with Crippen LogP contribution in [-0.4, -0.2) is 0 Å². The lowest BCUT2D eigenvalue weighted by Gasteiger charge is -2.42. The number of halogens is 1. The van der Waals surface area contributed by atoms with Gasteiger partial charge in [0.15, 0.2) is 0 Å². The lowest BCUT2D eigenvalue weighted by molar-refractivity contribution is 0.115. The summed E-state index contributed by atoms with van der Waals surface area (Å²) in [6.07, 6.45) is 14.9. The van der Waals surface area contributed by atoms with E-state index < -0.39 is 0 Å². The number of nitriles is 1. The fourth-order valence-corrected chi connectivity index (χ4v) is 5.79. The predicted octanol–water partition coefficient (Wildman–Crippen LogP) is 8.02. The molecule has 2 heteroatoms. The van der Waals surface area contributed by atoms with Crippen molar-refractivity contribution in [3.05, 3.63) is 71.6 Å². The summed E-state index contributed by atoms with van der Waals surface area (Å²) < 4.78 is 14.9. The fourth-order valence-electron chi connectivity index (χ4n) is 5.79. The van der Waals surface area contributed by atoms with E-state index >= 15 is 0 Å². The van der Waals surface area contributed by atoms with Crippen LogP contribution in [0.1, 0.15) is 75.3 Å². The van der Waals surface area contributed by atoms with Crippen molar-refractivity contribution in [2.45, 2.75) is 64.2 Å². The van der Waals surface area contributed by atoms with Crippen LogP contribution in [0.5, 0.6) is 0 Å². The van der Waals surface area contributed by atoms with Gasteiger partial charge in [0.05, 0.1) is 11.6 Å². The molecule has 2 aliphatic rings. The Labute approximate surface area is 180 Å². The Kier molecular flexibility index (Phi) is 6.68. The maximum absolute atomic E-state index is 14.9. The Morgan fingerprint density at radius 3 is 2.50 bits per heavy atom. The first kappa shape index (κ1) is 20.9. The van der Waals surface area contributed by atoms with Crippen molar-refractivity contribution in [3.63, 3.8) is 0 Å². The Balaban J connectivity index is 1.40. The Morgan fingerprint density at radius 1 is 1.00 bits per heavy atom. The highest BCUT2D eigenvalue weighted by Gasteiger charge is 2.35. The molecule has 4 atom stereocenters. The van der Waals surface area contributed by atoms with Crippen molar-refractivity contribution in [2.24, 2.45) is 17.8 Å². The maximum atomic E-state index is 14.9. The average molecular weight is 402 g/mol. The smallest absolute Gasteiger partial charge is 0.131 e. The number of fused-ring (bicyclic) bond motifs is 1. The molecule has 2 aromatic rings. The number of allylic oxidation sites excluding steroid dienone is 2. The molecule has 0 bridgehead atoms. The third-order valence-electron chi connectivity index (χ3n) is 7.49. The summed E-state index contributed by atoms with van der Waals surface area (Å²) in [6.45, 7) is 2.11. The van der Waals surface area contributed by atoms with Crippen LogP contribution >= 0.6 is 0 Å². The van der Waals surface area contributed by atoms with E-state index in [9.17, 15) is 4.39 Å². The van der Waals surface area contributed by atoms with Gasteiger partial charge in [-0.3, -0.25) is 0 Å². The van der Waals surface area contributed by atoms with Crippen LogP contribution in [0.3, 0.4) is 0 Å². The molecule has 2 aromatic carbocycles. The van der Waals surface area contributed by atoms with Gasteiger partial charge < -0.3 is 0 Å². The molecule has 0 amide bonds. The van der Waals surface area contributed by atoms with Gasteiger partial charge in [-0.1, -0.05) is 42.8 Å². The first-order valence-corrected chi connectivity index (χ1v) is 11.6. The number of rotatable bonds is 5. The summed E-state index contributed by atoms with van der Waals surface area (Å²) in [5, 5.41) is 8.95. The van der Waals surface area contributed by atoms with E-state index in [1.54, 1.807) is 18.2 Å². The van der Waals surface area contributed by atoms with Gasteiger partial charge in [0.25, 0.3) is 0 Å². The number of hydrogen-bond acceptors (Lipinski definition) is 1. The van der Waals surface area contributed by atoms with Crippen LogP contribution in [0.25, 0.3) is 11.1 Å². The normalized spacial score (nSPS) is 26.3. The first-order chi connectivity index (χ1) is 14.7. The molecule has 0 saturated heterocycles. The van der Waals surface area contributed by atoms with Crippen molar-refractivity contribution >= 4 is 0 Å². The van der Waals surface area contributed by atoms with Crippen LogP contribution in [0, 0.1) is 34.9 Å². The largest absolute Gasteiger partial charge is 0.206 e. The Bertz CT molecular complexity index is 921. The van der Waals surface area contributed by atoms with E-state index in [0.29, 0.717) is 17.0 Å². The van der Waals surface area contributed by atoms with Crippen LogP contribution in [-0.2, 0) is 0 Å². The average Bonchev–Trinajstić information content (AvgIpc) is 2.79. The minimum absolute atomic E-state index is 0.146. The van der Waals surface area contributed by atoms with Crippen LogP contribution in [0.4, 0.5) is 4.39 Å². The molecule has 4 rings (SSSR count). The van der Waals surface area contributed by atoms with E-state index in [2.05, 4.69) is 31.2 Å². The van der Waals surface area contributed by atoms with Crippen LogP contribution in [0.2, 0.25) is 0 Å². The highest BCUT2D eigenvalue weighted by molar-refractivity contribution is 5.65. The molecule has 0 spiro atoms. The van der Waals surface area contributed by atoms with Crippen molar-refractivity contribution in [3.8, 4) is 17.2 Å². The zero-order valence-electron chi connectivity index (χ0n) is 18.0. The fraction of sp³-hybridized carbons (Fsp3) is 0.464. The molecule has 0 N–H and O–H groups in total. The lowest BCUT2D eigenvalue weighted by atomic mass is 9.63. The summed E-state index contributed by atoms with van der Waals surface area (Å²) in [4.78, 5) is 0. The maximum Gasteiger partial charge on any atom is 0.131 e. The van der Waals surface area contributed by atoms with Gasteiger partial charge in [0, 0.05) is 5.56 Å². The minimum atomic E-state index is -0.146. The van der Waals surface area contributed by atoms with Crippen molar-refractivity contribution in [2.75, 3.05) is 0 Å². The lowest BCUT2D eigenvalue weighted by Crippen LogP contribution is -2.30. The molecule has 2 saturated carbocycles. The van der Waals surface area contributed by atoms with Crippen LogP contribution in [0.15, 0.2) is 54.6 Å². The van der Waals surface area contributed by atoms with E-state index in [1.165, 1.54) is 56.9 Å². The highest BCUT2D eigenvalue weighted by Crippen LogP contribution is 2.48. The molecule has 2 fully saturated rings. The zero-order valence-corrected chi connectivity index (χ0v) is 18.0. The van der Waals surface area contributed by atoms with Gasteiger partial charge in [-0.05, 0) is 105 Å². The Morgan fingerprint density at radius 2 is 1.77 bits per heavy atom. The van der Waals surface area contributed by atoms with E-state index in [1.807, 2.05) is 18.2 Å². The predicted molar refractivity (Wildman–Crippen MR) is 122 cm³/mol. The second-order valence-electron chi connectivity index (χ2n) is 9.28. The second-order valence-corrected chi connectivity index (χ2v) is 9.28. The van der Waals surface area contributed by atoms with Gasteiger partial charge in [-0.15, -0.1) is 0 Å². The van der Waals surface area contributed by atoms with Gasteiger partial charge in [-0.2, -0.15) is 5.26 Å². The van der Waals surface area contributed by atoms with Gasteiger partial charge in [0.1, 0.15) is 5.82 Å². The van der Waals surface area contributed by atoms with Gasteiger partial charge in [-0.25, -0.2) is 4.39 Å². The molecule has 0 aliphatic heterocycles. The van der Waals surface area contributed by atoms with E-state index in [4.69, 9.17) is 5.26 Å². The van der Waals surface area contributed by atoms with Crippen molar-refractivity contribution in [1.82, 2.24) is 0 Å². The summed E-state index contributed by atoms with van der Waals surface area (Å²) in [7, 11) is 0. The third kappa shape index (κ3) is 4.67. The van der Waals surface area contributed by atoms with E-state index in [-0.39, 0.29) is 5.82 Å². The Hall–Kier alpha value is -2.40. The highest BCUT2D eigenvalue weighted by atomic mass is 19.1. The SMILES string of the molecule is C/C=C/CCC1CCC2CC(c3ccc(-c4ccc(C#N)cc4)c(F)c3)CCC2C1. The quantitative estimate of drug-likeness (QED) is 0.465. The molecule has 4 unspecified atom stereocenters. The van der Waals surface area contributed by atoms with Crippen molar-refractivity contribution < 1.29 is 4.39 Å². The molecule has 1 nitrogen and oxygen atoms in total. The summed E-state index contributed by atoms with van der Waals surface area (Å²) in [5.41, 5.74) is 3.22. The second kappa shape index (κ2) is 9.61. The third-order valence-corrected chi connectivity index (χ3v) is 7.49. The molecular weight excluding hydrogens is 369 g/mol. The molecule has 0 heterocycles. The summed E-state index contributed by atoms with van der Waals surface area (Å²) >= 11 is 0. The van der Waals surface area contributed by atoms with Crippen LogP contribution < -0.4 is 0 Å². The minimum Gasteiger partial charge on any atom is -0.206 e. The molecule has 0 aromatic heterocycles. The standard InChI is InChI=1S/C28H32FN/c1-2-3-4-5-20-6-11-24-17-25(13-12-23(24)16-20)26-14-15-27(28(29)18-26)22-9-7-21(19-30)8-10-22/h2-3,7-10,14-15,18,20,23-25H,4-6,11-13,16-17H2,1H3/b3-2+. The summed E-state index contributed by atoms with van der Waals surface area (Å²) in [5.74, 6) is 2.96. The molecular formula is C28H32FN. The first-order valence-electron chi connectivity index (χ1n) is 11.6. The van der Waals surface area contributed by atoms with Gasteiger partial charge >= 0.3 is 0 Å². The molecule has 0 radical (unpaired) electrons. The number of nitrogens with zero attached hydrogens (tertiary/aromatic N) is 1. The van der Waals surface area contributed by atoms with E-state index in [0.717, 1.165) is 23.3 Å². The topological polar surface area (TPSA) is 23.8 Å². The summed E-state index contributed by atoms with van der Waals surface area (Å²) in [6, 6.07) is 15.1.